The standard InChI is InChI=1S/C14H29N3O3S.HI/c1-14(2,3)20-12-6-9-17(10-7-12)13(15-4)16-8-11-21(5,18)19;/h12H,6-11H2,1-5H3,(H,15,16);1H. The topological polar surface area (TPSA) is 71.0 Å². The summed E-state index contributed by atoms with van der Waals surface area (Å²) in [5, 5.41) is 3.11. The van der Waals surface area contributed by atoms with Crippen LogP contribution in [-0.2, 0) is 14.6 Å². The summed E-state index contributed by atoms with van der Waals surface area (Å²) in [4.78, 5) is 6.38. The molecule has 1 heterocycles. The molecule has 0 aromatic rings. The van der Waals surface area contributed by atoms with Crippen LogP contribution in [0.3, 0.4) is 0 Å². The molecular weight excluding hydrogens is 417 g/mol. The van der Waals surface area contributed by atoms with Crippen molar-refractivity contribution >= 4 is 39.8 Å². The SMILES string of the molecule is CN=C(NCCS(C)(=O)=O)N1CCC(OC(C)(C)C)CC1.I. The molecule has 1 aliphatic rings. The van der Waals surface area contributed by atoms with Crippen LogP contribution in [0, 0.1) is 0 Å². The average Bonchev–Trinajstić information content (AvgIpc) is 2.33. The summed E-state index contributed by atoms with van der Waals surface area (Å²) in [6, 6.07) is 0. The highest BCUT2D eigenvalue weighted by Gasteiger charge is 2.25. The first kappa shape index (κ1) is 21.9. The summed E-state index contributed by atoms with van der Waals surface area (Å²) in [5.41, 5.74) is -0.109. The van der Waals surface area contributed by atoms with Gasteiger partial charge >= 0.3 is 0 Å². The molecule has 6 nitrogen and oxygen atoms in total. The number of hydrogen-bond donors (Lipinski definition) is 1. The van der Waals surface area contributed by atoms with Gasteiger partial charge in [0.2, 0.25) is 0 Å². The van der Waals surface area contributed by atoms with Crippen LogP contribution in [0.5, 0.6) is 0 Å². The molecule has 0 unspecified atom stereocenters. The highest BCUT2D eigenvalue weighted by Crippen LogP contribution is 2.20. The van der Waals surface area contributed by atoms with Gasteiger partial charge in [0.1, 0.15) is 9.84 Å². The maximum absolute atomic E-state index is 11.1. The van der Waals surface area contributed by atoms with Crippen LogP contribution in [0.4, 0.5) is 0 Å². The van der Waals surface area contributed by atoms with Crippen LogP contribution in [-0.4, -0.2) is 69.7 Å². The number of aliphatic imine (C=N–C) groups is 1. The second-order valence-electron chi connectivity index (χ2n) is 6.52. The van der Waals surface area contributed by atoms with Crippen molar-refractivity contribution in [2.24, 2.45) is 4.99 Å². The van der Waals surface area contributed by atoms with E-state index in [9.17, 15) is 8.42 Å². The number of hydrogen-bond acceptors (Lipinski definition) is 4. The van der Waals surface area contributed by atoms with Crippen molar-refractivity contribution in [2.45, 2.75) is 45.3 Å². The Morgan fingerprint density at radius 2 is 1.86 bits per heavy atom. The van der Waals surface area contributed by atoms with E-state index < -0.39 is 9.84 Å². The normalized spacial score (nSPS) is 18.0. The largest absolute Gasteiger partial charge is 0.372 e. The van der Waals surface area contributed by atoms with Gasteiger partial charge in [-0.1, -0.05) is 0 Å². The average molecular weight is 447 g/mol. The number of halogens is 1. The van der Waals surface area contributed by atoms with Crippen molar-refractivity contribution in [1.29, 1.82) is 0 Å². The molecule has 0 radical (unpaired) electrons. The lowest BCUT2D eigenvalue weighted by Crippen LogP contribution is -2.48. The Balaban J connectivity index is 0.00000441. The summed E-state index contributed by atoms with van der Waals surface area (Å²) in [6.07, 6.45) is 3.45. The van der Waals surface area contributed by atoms with Gasteiger partial charge in [0, 0.05) is 32.9 Å². The van der Waals surface area contributed by atoms with E-state index >= 15 is 0 Å². The van der Waals surface area contributed by atoms with Gasteiger partial charge in [-0.3, -0.25) is 4.99 Å². The van der Waals surface area contributed by atoms with Crippen molar-refractivity contribution in [3.63, 3.8) is 0 Å². The minimum atomic E-state index is -2.94. The fraction of sp³-hybridized carbons (Fsp3) is 0.929. The summed E-state index contributed by atoms with van der Waals surface area (Å²) < 4.78 is 28.3. The summed E-state index contributed by atoms with van der Waals surface area (Å²) >= 11 is 0. The van der Waals surface area contributed by atoms with Crippen LogP contribution >= 0.6 is 24.0 Å². The third-order valence-corrected chi connectivity index (χ3v) is 4.18. The smallest absolute Gasteiger partial charge is 0.193 e. The number of nitrogens with zero attached hydrogens (tertiary/aromatic N) is 2. The maximum atomic E-state index is 11.1. The molecule has 0 aromatic carbocycles. The predicted octanol–water partition coefficient (Wildman–Crippen LogP) is 1.50. The van der Waals surface area contributed by atoms with Crippen LogP contribution in [0.25, 0.3) is 0 Å². The zero-order chi connectivity index (χ0) is 16.1. The number of rotatable bonds is 4. The number of sulfone groups is 1. The minimum Gasteiger partial charge on any atom is -0.372 e. The van der Waals surface area contributed by atoms with Crippen molar-refractivity contribution in [2.75, 3.05) is 38.7 Å². The third kappa shape index (κ3) is 9.14. The van der Waals surface area contributed by atoms with E-state index in [1.165, 1.54) is 6.26 Å². The van der Waals surface area contributed by atoms with Gasteiger partial charge in [0.25, 0.3) is 0 Å². The first-order valence-corrected chi connectivity index (χ1v) is 9.48. The Bertz CT molecular complexity index is 452. The fourth-order valence-corrected chi connectivity index (χ4v) is 2.84. The van der Waals surface area contributed by atoms with Crippen molar-refractivity contribution < 1.29 is 13.2 Å². The quantitative estimate of drug-likeness (QED) is 0.402. The molecule has 0 aliphatic carbocycles. The molecule has 1 rings (SSSR count). The van der Waals surface area contributed by atoms with E-state index in [2.05, 4.69) is 36.0 Å². The summed E-state index contributed by atoms with van der Waals surface area (Å²) in [6.45, 7) is 8.36. The molecule has 132 valence electrons. The predicted molar refractivity (Wildman–Crippen MR) is 102 cm³/mol. The van der Waals surface area contributed by atoms with Crippen molar-refractivity contribution in [3.05, 3.63) is 0 Å². The van der Waals surface area contributed by atoms with Crippen molar-refractivity contribution in [1.82, 2.24) is 10.2 Å². The first-order valence-electron chi connectivity index (χ1n) is 7.42. The van der Waals surface area contributed by atoms with Crippen molar-refractivity contribution in [3.8, 4) is 0 Å². The molecule has 0 saturated carbocycles. The Hall–Kier alpha value is -0.0900. The Kier molecular flexibility index (Phi) is 9.23. The molecule has 1 aliphatic heterocycles. The lowest BCUT2D eigenvalue weighted by atomic mass is 10.1. The lowest BCUT2D eigenvalue weighted by Gasteiger charge is -2.36. The Morgan fingerprint density at radius 3 is 2.27 bits per heavy atom. The Labute approximate surface area is 152 Å². The lowest BCUT2D eigenvalue weighted by molar-refractivity contribution is -0.0772. The van der Waals surface area contributed by atoms with Gasteiger partial charge in [-0.25, -0.2) is 8.42 Å². The molecule has 1 saturated heterocycles. The van der Waals surface area contributed by atoms with Gasteiger partial charge in [-0.2, -0.15) is 0 Å². The zero-order valence-corrected chi connectivity index (χ0v) is 17.4. The number of guanidine groups is 1. The van der Waals surface area contributed by atoms with Crippen LogP contribution in [0.2, 0.25) is 0 Å². The van der Waals surface area contributed by atoms with Crippen LogP contribution < -0.4 is 5.32 Å². The minimum absolute atomic E-state index is 0. The Morgan fingerprint density at radius 1 is 1.32 bits per heavy atom. The van der Waals surface area contributed by atoms with E-state index in [-0.39, 0.29) is 41.4 Å². The van der Waals surface area contributed by atoms with E-state index in [0.29, 0.717) is 6.54 Å². The monoisotopic (exact) mass is 447 g/mol. The molecule has 0 bridgehead atoms. The second kappa shape index (κ2) is 9.27. The van der Waals surface area contributed by atoms with Crippen LogP contribution in [0.15, 0.2) is 4.99 Å². The fourth-order valence-electron chi connectivity index (χ4n) is 2.37. The van der Waals surface area contributed by atoms with E-state index in [1.807, 2.05) is 0 Å². The molecule has 0 aromatic heterocycles. The molecule has 0 amide bonds. The molecule has 0 atom stereocenters. The molecular formula is C14H30IN3O3S. The van der Waals surface area contributed by atoms with Gasteiger partial charge in [-0.05, 0) is 33.6 Å². The number of nitrogens with one attached hydrogen (secondary N) is 1. The summed E-state index contributed by atoms with van der Waals surface area (Å²) in [5.74, 6) is 0.892. The van der Waals surface area contributed by atoms with E-state index in [1.54, 1.807) is 7.05 Å². The van der Waals surface area contributed by atoms with Crippen LogP contribution in [0.1, 0.15) is 33.6 Å². The van der Waals surface area contributed by atoms with Gasteiger partial charge in [-0.15, -0.1) is 24.0 Å². The third-order valence-electron chi connectivity index (χ3n) is 3.23. The molecule has 1 fully saturated rings. The molecule has 0 spiro atoms. The zero-order valence-electron chi connectivity index (χ0n) is 14.3. The first-order chi connectivity index (χ1) is 9.61. The number of ether oxygens (including phenoxy) is 1. The number of likely N-dealkylation sites (tertiary alicyclic amines) is 1. The highest BCUT2D eigenvalue weighted by molar-refractivity contribution is 14.0. The molecule has 8 heteroatoms. The second-order valence-corrected chi connectivity index (χ2v) is 8.78. The summed E-state index contributed by atoms with van der Waals surface area (Å²) in [7, 11) is -1.22. The van der Waals surface area contributed by atoms with Gasteiger partial charge in [0.05, 0.1) is 17.5 Å². The molecule has 22 heavy (non-hydrogen) atoms. The van der Waals surface area contributed by atoms with E-state index in [4.69, 9.17) is 4.74 Å². The van der Waals surface area contributed by atoms with E-state index in [0.717, 1.165) is 31.9 Å². The maximum Gasteiger partial charge on any atom is 0.193 e. The molecule has 1 N–H and O–H groups in total. The number of piperidine rings is 1. The van der Waals surface area contributed by atoms with Gasteiger partial charge < -0.3 is 15.0 Å². The highest BCUT2D eigenvalue weighted by atomic mass is 127. The van der Waals surface area contributed by atoms with Gasteiger partial charge in [0.15, 0.2) is 5.96 Å².